The van der Waals surface area contributed by atoms with Gasteiger partial charge in [0.05, 0.1) is 0 Å². The van der Waals surface area contributed by atoms with Crippen molar-refractivity contribution in [3.05, 3.63) is 23.8 Å². The zero-order valence-electron chi connectivity index (χ0n) is 9.11. The quantitative estimate of drug-likeness (QED) is 0.798. The van der Waals surface area contributed by atoms with Crippen LogP contribution in [0, 0.1) is 0 Å². The number of carboxylic acids is 1. The summed E-state index contributed by atoms with van der Waals surface area (Å²) in [5, 5.41) is 12.0. The van der Waals surface area contributed by atoms with Crippen LogP contribution in [0.15, 0.2) is 18.2 Å². The number of fused-ring (bicyclic) bond motifs is 1. The molecule has 1 atom stereocenters. The van der Waals surface area contributed by atoms with E-state index in [1.54, 1.807) is 32.2 Å². The maximum atomic E-state index is 11.2. The highest BCUT2D eigenvalue weighted by atomic mass is 16.7. The first-order chi connectivity index (χ1) is 7.58. The van der Waals surface area contributed by atoms with Gasteiger partial charge in [-0.1, -0.05) is 6.07 Å². The summed E-state index contributed by atoms with van der Waals surface area (Å²) in [5.41, 5.74) is -0.493. The molecule has 0 aliphatic carbocycles. The Hall–Kier alpha value is -1.75. The Morgan fingerprint density at radius 3 is 2.75 bits per heavy atom. The number of ether oxygens (including phenoxy) is 2. The van der Waals surface area contributed by atoms with Gasteiger partial charge in [0.1, 0.15) is 5.54 Å². The summed E-state index contributed by atoms with van der Waals surface area (Å²) in [4.78, 5) is 11.2. The summed E-state index contributed by atoms with van der Waals surface area (Å²) < 4.78 is 10.4. The second kappa shape index (κ2) is 3.68. The van der Waals surface area contributed by atoms with Crippen LogP contribution >= 0.6 is 0 Å². The van der Waals surface area contributed by atoms with E-state index in [1.807, 2.05) is 0 Å². The zero-order chi connectivity index (χ0) is 11.8. The van der Waals surface area contributed by atoms with Crippen molar-refractivity contribution >= 4 is 5.97 Å². The lowest BCUT2D eigenvalue weighted by molar-refractivity contribution is -0.144. The molecule has 5 heteroatoms. The first-order valence-corrected chi connectivity index (χ1v) is 4.90. The molecule has 1 aliphatic heterocycles. The first-order valence-electron chi connectivity index (χ1n) is 4.90. The van der Waals surface area contributed by atoms with Crippen molar-refractivity contribution in [2.75, 3.05) is 13.8 Å². The molecule has 1 aromatic carbocycles. The third kappa shape index (κ3) is 1.49. The summed E-state index contributed by atoms with van der Waals surface area (Å²) in [6.45, 7) is 1.79. The van der Waals surface area contributed by atoms with E-state index in [9.17, 15) is 9.90 Å². The monoisotopic (exact) mass is 223 g/mol. The zero-order valence-corrected chi connectivity index (χ0v) is 9.11. The van der Waals surface area contributed by atoms with Crippen LogP contribution in [0.2, 0.25) is 0 Å². The Morgan fingerprint density at radius 2 is 2.12 bits per heavy atom. The van der Waals surface area contributed by atoms with Crippen molar-refractivity contribution in [2.45, 2.75) is 12.5 Å². The Kier molecular flexibility index (Phi) is 2.47. The van der Waals surface area contributed by atoms with E-state index in [-0.39, 0.29) is 6.79 Å². The van der Waals surface area contributed by atoms with Gasteiger partial charge in [0.15, 0.2) is 11.5 Å². The Morgan fingerprint density at radius 1 is 1.44 bits per heavy atom. The predicted molar refractivity (Wildman–Crippen MR) is 56.6 cm³/mol. The molecule has 0 unspecified atom stereocenters. The van der Waals surface area contributed by atoms with Gasteiger partial charge in [-0.15, -0.1) is 0 Å². The number of likely N-dealkylation sites (N-methyl/N-ethyl adjacent to an activating group) is 1. The van der Waals surface area contributed by atoms with Crippen LogP contribution in [-0.2, 0) is 10.3 Å². The smallest absolute Gasteiger partial charge is 0.328 e. The van der Waals surface area contributed by atoms with Crippen LogP contribution < -0.4 is 14.8 Å². The summed E-state index contributed by atoms with van der Waals surface area (Å²) in [5.74, 6) is 0.293. The molecule has 2 rings (SSSR count). The van der Waals surface area contributed by atoms with Gasteiger partial charge in [-0.3, -0.25) is 0 Å². The van der Waals surface area contributed by atoms with Gasteiger partial charge in [0.2, 0.25) is 6.79 Å². The van der Waals surface area contributed by atoms with Gasteiger partial charge in [0, 0.05) is 0 Å². The van der Waals surface area contributed by atoms with E-state index in [0.717, 1.165) is 0 Å². The molecule has 0 spiro atoms. The lowest BCUT2D eigenvalue weighted by Crippen LogP contribution is -2.44. The van der Waals surface area contributed by atoms with E-state index in [4.69, 9.17) is 9.47 Å². The first kappa shape index (κ1) is 10.8. The van der Waals surface area contributed by atoms with Crippen molar-refractivity contribution in [1.82, 2.24) is 5.32 Å². The molecular formula is C11H13NO4. The van der Waals surface area contributed by atoms with E-state index in [1.165, 1.54) is 0 Å². The Labute approximate surface area is 93.0 Å². The highest BCUT2D eigenvalue weighted by Gasteiger charge is 2.34. The standard InChI is InChI=1S/C11H13NO4/c1-11(12-2,10(13)14)7-3-4-8-9(5-7)16-6-15-8/h3-5,12H,6H2,1-2H3,(H,13,14)/t11-/m1/s1. The van der Waals surface area contributed by atoms with Crippen molar-refractivity contribution in [1.29, 1.82) is 0 Å². The minimum Gasteiger partial charge on any atom is -0.480 e. The number of aliphatic carboxylic acids is 1. The van der Waals surface area contributed by atoms with Gasteiger partial charge in [0.25, 0.3) is 0 Å². The molecule has 0 fully saturated rings. The molecule has 86 valence electrons. The lowest BCUT2D eigenvalue weighted by atomic mass is 9.92. The molecule has 0 amide bonds. The number of benzene rings is 1. The third-order valence-electron chi connectivity index (χ3n) is 2.88. The van der Waals surface area contributed by atoms with E-state index < -0.39 is 11.5 Å². The lowest BCUT2D eigenvalue weighted by Gasteiger charge is -2.24. The molecular weight excluding hydrogens is 210 g/mol. The van der Waals surface area contributed by atoms with Crippen LogP contribution in [0.1, 0.15) is 12.5 Å². The Bertz CT molecular complexity index is 432. The van der Waals surface area contributed by atoms with Crippen molar-refractivity contribution in [3.63, 3.8) is 0 Å². The molecule has 0 saturated heterocycles. The molecule has 1 heterocycles. The van der Waals surface area contributed by atoms with Gasteiger partial charge in [-0.05, 0) is 31.7 Å². The number of hydrogen-bond donors (Lipinski definition) is 2. The molecule has 0 aromatic heterocycles. The average Bonchev–Trinajstić information content (AvgIpc) is 2.74. The molecule has 0 radical (unpaired) electrons. The van der Waals surface area contributed by atoms with Gasteiger partial charge < -0.3 is 19.9 Å². The van der Waals surface area contributed by atoms with E-state index in [0.29, 0.717) is 17.1 Å². The normalized spacial score (nSPS) is 16.9. The molecule has 5 nitrogen and oxygen atoms in total. The maximum Gasteiger partial charge on any atom is 0.328 e. The summed E-state index contributed by atoms with van der Waals surface area (Å²) in [7, 11) is 1.61. The molecule has 2 N–H and O–H groups in total. The summed E-state index contributed by atoms with van der Waals surface area (Å²) >= 11 is 0. The van der Waals surface area contributed by atoms with E-state index >= 15 is 0 Å². The van der Waals surface area contributed by atoms with Crippen LogP contribution in [0.4, 0.5) is 0 Å². The topological polar surface area (TPSA) is 67.8 Å². The van der Waals surface area contributed by atoms with Gasteiger partial charge in [-0.2, -0.15) is 0 Å². The largest absolute Gasteiger partial charge is 0.480 e. The maximum absolute atomic E-state index is 11.2. The number of rotatable bonds is 3. The molecule has 1 aliphatic rings. The third-order valence-corrected chi connectivity index (χ3v) is 2.88. The van der Waals surface area contributed by atoms with Gasteiger partial charge >= 0.3 is 5.97 Å². The summed E-state index contributed by atoms with van der Waals surface area (Å²) in [6, 6.07) is 5.13. The Balaban J connectivity index is 2.44. The fourth-order valence-corrected chi connectivity index (χ4v) is 1.58. The highest BCUT2D eigenvalue weighted by molar-refractivity contribution is 5.80. The van der Waals surface area contributed by atoms with Crippen LogP contribution in [0.3, 0.4) is 0 Å². The van der Waals surface area contributed by atoms with Crippen LogP contribution in [0.25, 0.3) is 0 Å². The SMILES string of the molecule is CN[C@@](C)(C(=O)O)c1ccc2c(c1)OCO2. The molecule has 1 aromatic rings. The van der Waals surface area contributed by atoms with E-state index in [2.05, 4.69) is 5.32 Å². The average molecular weight is 223 g/mol. The fraction of sp³-hybridized carbons (Fsp3) is 0.364. The van der Waals surface area contributed by atoms with Crippen molar-refractivity contribution in [2.24, 2.45) is 0 Å². The number of hydrogen-bond acceptors (Lipinski definition) is 4. The summed E-state index contributed by atoms with van der Waals surface area (Å²) in [6.07, 6.45) is 0. The van der Waals surface area contributed by atoms with Crippen molar-refractivity contribution < 1.29 is 19.4 Å². The fourth-order valence-electron chi connectivity index (χ4n) is 1.58. The highest BCUT2D eigenvalue weighted by Crippen LogP contribution is 2.35. The number of nitrogens with one attached hydrogen (secondary N) is 1. The molecule has 0 bridgehead atoms. The number of carbonyl (C=O) groups is 1. The van der Waals surface area contributed by atoms with Crippen LogP contribution in [-0.4, -0.2) is 24.9 Å². The second-order valence-corrected chi connectivity index (χ2v) is 3.75. The second-order valence-electron chi connectivity index (χ2n) is 3.75. The van der Waals surface area contributed by atoms with Gasteiger partial charge in [-0.25, -0.2) is 4.79 Å². The molecule has 0 saturated carbocycles. The minimum absolute atomic E-state index is 0.183. The predicted octanol–water partition coefficient (Wildman–Crippen LogP) is 0.934. The molecule has 16 heavy (non-hydrogen) atoms. The van der Waals surface area contributed by atoms with Crippen molar-refractivity contribution in [3.8, 4) is 11.5 Å². The van der Waals surface area contributed by atoms with Crippen LogP contribution in [0.5, 0.6) is 11.5 Å². The minimum atomic E-state index is -1.12. The number of carboxylic acid groups (broad SMARTS) is 1.